The smallest absolute Gasteiger partial charge is 0.334 e. The van der Waals surface area contributed by atoms with Crippen molar-refractivity contribution in [2.45, 2.75) is 51.5 Å². The van der Waals surface area contributed by atoms with Gasteiger partial charge < -0.3 is 10.2 Å². The van der Waals surface area contributed by atoms with Crippen molar-refractivity contribution in [3.05, 3.63) is 24.3 Å². The van der Waals surface area contributed by atoms with E-state index < -0.39 is 30.3 Å². The van der Waals surface area contributed by atoms with Gasteiger partial charge in [0, 0.05) is 30.5 Å². The van der Waals surface area contributed by atoms with E-state index in [0.717, 1.165) is 47.8 Å². The maximum Gasteiger partial charge on any atom is 0.334 e. The molecule has 1 aromatic carbocycles. The number of anilines is 2. The lowest BCUT2D eigenvalue weighted by molar-refractivity contribution is -0.145. The van der Waals surface area contributed by atoms with Crippen LogP contribution >= 0.6 is 0 Å². The number of nitrogens with one attached hydrogen (secondary N) is 1. The van der Waals surface area contributed by atoms with Crippen LogP contribution in [0.2, 0.25) is 0 Å². The van der Waals surface area contributed by atoms with Crippen LogP contribution in [0.25, 0.3) is 0 Å². The summed E-state index contributed by atoms with van der Waals surface area (Å²) in [6, 6.07) is 6.56. The standard InChI is InChI=1S/C22H28N4O4/c1-15-6-2-3-7-18(15)26-21(29)20(28)25(22(26)30)14-19(27)23-16-8-10-17(11-9-16)24-12-4-5-13-24/h8-11,15,18H,2-7,12-14H2,1H3,(H,23,27)/t15-,18-/m1/s1. The third-order valence-electron chi connectivity index (χ3n) is 6.41. The van der Waals surface area contributed by atoms with Crippen molar-refractivity contribution in [2.24, 2.45) is 5.92 Å². The van der Waals surface area contributed by atoms with Crippen LogP contribution in [-0.4, -0.2) is 59.2 Å². The topological polar surface area (TPSA) is 90.0 Å². The summed E-state index contributed by atoms with van der Waals surface area (Å²) in [5.41, 5.74) is 1.70. The zero-order valence-electron chi connectivity index (χ0n) is 17.3. The fourth-order valence-corrected chi connectivity index (χ4v) is 4.71. The average molecular weight is 412 g/mol. The normalized spacial score (nSPS) is 24.7. The van der Waals surface area contributed by atoms with E-state index in [1.54, 1.807) is 12.1 Å². The van der Waals surface area contributed by atoms with Crippen LogP contribution in [-0.2, 0) is 14.4 Å². The van der Waals surface area contributed by atoms with Crippen molar-refractivity contribution in [2.75, 3.05) is 29.9 Å². The fraction of sp³-hybridized carbons (Fsp3) is 0.545. The van der Waals surface area contributed by atoms with Crippen molar-refractivity contribution >= 4 is 35.1 Å². The lowest BCUT2D eigenvalue weighted by Crippen LogP contribution is -2.46. The summed E-state index contributed by atoms with van der Waals surface area (Å²) in [5.74, 6) is -2.09. The molecule has 0 bridgehead atoms. The van der Waals surface area contributed by atoms with Crippen LogP contribution in [0.5, 0.6) is 0 Å². The third kappa shape index (κ3) is 3.91. The molecule has 2 aliphatic heterocycles. The number of nitrogens with zero attached hydrogens (tertiary/aromatic N) is 3. The Morgan fingerprint density at radius 2 is 1.63 bits per heavy atom. The van der Waals surface area contributed by atoms with E-state index in [0.29, 0.717) is 12.1 Å². The quantitative estimate of drug-likeness (QED) is 0.593. The molecular formula is C22H28N4O4. The lowest BCUT2D eigenvalue weighted by atomic mass is 9.85. The number of urea groups is 1. The van der Waals surface area contributed by atoms with E-state index in [-0.39, 0.29) is 12.0 Å². The number of rotatable bonds is 5. The highest BCUT2D eigenvalue weighted by atomic mass is 16.2. The molecule has 8 heteroatoms. The molecule has 1 saturated carbocycles. The Hall–Kier alpha value is -2.90. The van der Waals surface area contributed by atoms with Crippen LogP contribution in [0.15, 0.2) is 24.3 Å². The second-order valence-electron chi connectivity index (χ2n) is 8.47. The van der Waals surface area contributed by atoms with Gasteiger partial charge in [-0.15, -0.1) is 0 Å². The molecule has 0 aromatic heterocycles. The van der Waals surface area contributed by atoms with Crippen LogP contribution < -0.4 is 10.2 Å². The lowest BCUT2D eigenvalue weighted by Gasteiger charge is -2.34. The van der Waals surface area contributed by atoms with Gasteiger partial charge in [0.2, 0.25) is 5.91 Å². The molecule has 160 valence electrons. The molecule has 4 rings (SSSR count). The van der Waals surface area contributed by atoms with Gasteiger partial charge in [0.1, 0.15) is 6.54 Å². The van der Waals surface area contributed by atoms with Gasteiger partial charge in [-0.1, -0.05) is 19.8 Å². The van der Waals surface area contributed by atoms with Gasteiger partial charge in [0.15, 0.2) is 0 Å². The molecule has 2 atom stereocenters. The molecule has 0 unspecified atom stereocenters. The Balaban J connectivity index is 1.38. The molecule has 1 aliphatic carbocycles. The number of hydrogen-bond acceptors (Lipinski definition) is 5. The van der Waals surface area contributed by atoms with Crippen molar-refractivity contribution in [1.29, 1.82) is 0 Å². The van der Waals surface area contributed by atoms with Crippen LogP contribution in [0.3, 0.4) is 0 Å². The predicted molar refractivity (Wildman–Crippen MR) is 112 cm³/mol. The summed E-state index contributed by atoms with van der Waals surface area (Å²) < 4.78 is 0. The van der Waals surface area contributed by atoms with E-state index >= 15 is 0 Å². The van der Waals surface area contributed by atoms with E-state index in [2.05, 4.69) is 10.2 Å². The highest BCUT2D eigenvalue weighted by Crippen LogP contribution is 2.31. The largest absolute Gasteiger partial charge is 0.372 e. The molecule has 1 aromatic rings. The number of imide groups is 2. The summed E-state index contributed by atoms with van der Waals surface area (Å²) in [6.45, 7) is 3.61. The van der Waals surface area contributed by atoms with Gasteiger partial charge in [-0.05, 0) is 55.9 Å². The van der Waals surface area contributed by atoms with Crippen molar-refractivity contribution in [3.8, 4) is 0 Å². The van der Waals surface area contributed by atoms with Crippen LogP contribution in [0, 0.1) is 5.92 Å². The highest BCUT2D eigenvalue weighted by molar-refractivity contribution is 6.45. The molecule has 8 nitrogen and oxygen atoms in total. The Kier molecular flexibility index (Phi) is 5.74. The number of amides is 5. The first-order chi connectivity index (χ1) is 14.5. The molecule has 0 radical (unpaired) electrons. The Morgan fingerprint density at radius 1 is 0.967 bits per heavy atom. The zero-order valence-corrected chi connectivity index (χ0v) is 17.3. The first kappa shape index (κ1) is 20.4. The average Bonchev–Trinajstić information content (AvgIpc) is 3.34. The minimum absolute atomic E-state index is 0.155. The van der Waals surface area contributed by atoms with Crippen molar-refractivity contribution < 1.29 is 19.2 Å². The molecule has 30 heavy (non-hydrogen) atoms. The Bertz CT molecular complexity index is 847. The van der Waals surface area contributed by atoms with Gasteiger partial charge in [-0.25, -0.2) is 9.69 Å². The molecule has 5 amide bonds. The van der Waals surface area contributed by atoms with Gasteiger partial charge in [0.05, 0.1) is 0 Å². The molecule has 3 aliphatic rings. The van der Waals surface area contributed by atoms with Crippen molar-refractivity contribution in [3.63, 3.8) is 0 Å². The fourth-order valence-electron chi connectivity index (χ4n) is 4.71. The van der Waals surface area contributed by atoms with Crippen LogP contribution in [0.4, 0.5) is 16.2 Å². The first-order valence-electron chi connectivity index (χ1n) is 10.8. The highest BCUT2D eigenvalue weighted by Gasteiger charge is 2.49. The van der Waals surface area contributed by atoms with Crippen molar-refractivity contribution in [1.82, 2.24) is 9.80 Å². The maximum absolute atomic E-state index is 12.8. The minimum atomic E-state index is -0.919. The summed E-state index contributed by atoms with van der Waals surface area (Å²) in [7, 11) is 0. The molecule has 3 fully saturated rings. The Labute approximate surface area is 176 Å². The number of hydrogen-bond donors (Lipinski definition) is 1. The van der Waals surface area contributed by atoms with Crippen LogP contribution in [0.1, 0.15) is 45.4 Å². The third-order valence-corrected chi connectivity index (χ3v) is 6.41. The summed E-state index contributed by atoms with van der Waals surface area (Å²) in [5, 5.41) is 2.71. The second-order valence-corrected chi connectivity index (χ2v) is 8.47. The summed E-state index contributed by atoms with van der Waals surface area (Å²) in [4.78, 5) is 54.2. The van der Waals surface area contributed by atoms with Gasteiger partial charge in [-0.2, -0.15) is 0 Å². The number of carbonyl (C=O) groups is 4. The zero-order chi connectivity index (χ0) is 21.3. The second kappa shape index (κ2) is 8.45. The van der Waals surface area contributed by atoms with Gasteiger partial charge in [-0.3, -0.25) is 19.3 Å². The van der Waals surface area contributed by atoms with Gasteiger partial charge >= 0.3 is 17.8 Å². The first-order valence-corrected chi connectivity index (χ1v) is 10.8. The molecule has 0 spiro atoms. The Morgan fingerprint density at radius 3 is 2.30 bits per heavy atom. The summed E-state index contributed by atoms with van der Waals surface area (Å²) in [6.07, 6.45) is 5.98. The molecular weight excluding hydrogens is 384 g/mol. The summed E-state index contributed by atoms with van der Waals surface area (Å²) >= 11 is 0. The van der Waals surface area contributed by atoms with Gasteiger partial charge in [0.25, 0.3) is 0 Å². The van der Waals surface area contributed by atoms with E-state index in [9.17, 15) is 19.2 Å². The molecule has 2 heterocycles. The van der Waals surface area contributed by atoms with E-state index in [4.69, 9.17) is 0 Å². The minimum Gasteiger partial charge on any atom is -0.372 e. The van der Waals surface area contributed by atoms with E-state index in [1.807, 2.05) is 19.1 Å². The molecule has 2 saturated heterocycles. The number of benzene rings is 1. The monoisotopic (exact) mass is 412 g/mol. The predicted octanol–water partition coefficient (Wildman–Crippen LogP) is 2.59. The molecule has 1 N–H and O–H groups in total. The SMILES string of the molecule is C[C@@H]1CCCC[C@H]1N1C(=O)C(=O)N(CC(=O)Nc2ccc(N3CCCC3)cc2)C1=O. The van der Waals surface area contributed by atoms with E-state index in [1.165, 1.54) is 12.8 Å². The number of carbonyl (C=O) groups excluding carboxylic acids is 4. The maximum atomic E-state index is 12.8.